The highest BCUT2D eigenvalue weighted by Gasteiger charge is 2.22. The normalized spacial score (nSPS) is 12.0. The van der Waals surface area contributed by atoms with Crippen LogP contribution in [-0.4, -0.2) is 40.9 Å². The van der Waals surface area contributed by atoms with Gasteiger partial charge in [-0.05, 0) is 50.1 Å². The lowest BCUT2D eigenvalue weighted by Crippen LogP contribution is -2.30. The van der Waals surface area contributed by atoms with Gasteiger partial charge in [0.05, 0.1) is 25.8 Å². The third-order valence-electron chi connectivity index (χ3n) is 6.39. The zero-order chi connectivity index (χ0) is 24.2. The number of rotatable bonds is 9. The van der Waals surface area contributed by atoms with Crippen molar-refractivity contribution >= 4 is 16.8 Å². The number of aromatic nitrogens is 3. The van der Waals surface area contributed by atoms with E-state index in [0.717, 1.165) is 39.0 Å². The van der Waals surface area contributed by atoms with E-state index < -0.39 is 0 Å². The van der Waals surface area contributed by atoms with Gasteiger partial charge in [-0.2, -0.15) is 5.10 Å². The minimum Gasteiger partial charge on any atom is -0.493 e. The summed E-state index contributed by atoms with van der Waals surface area (Å²) in [5.74, 6) is 1.29. The van der Waals surface area contributed by atoms with Crippen LogP contribution in [0.3, 0.4) is 0 Å². The van der Waals surface area contributed by atoms with Crippen molar-refractivity contribution in [2.75, 3.05) is 20.3 Å². The summed E-state index contributed by atoms with van der Waals surface area (Å²) in [6.45, 7) is 6.89. The summed E-state index contributed by atoms with van der Waals surface area (Å²) >= 11 is 0. The maximum atomic E-state index is 13.0. The molecular weight excluding hydrogens is 428 g/mol. The van der Waals surface area contributed by atoms with Crippen LogP contribution in [0.4, 0.5) is 0 Å². The van der Waals surface area contributed by atoms with E-state index in [1.165, 1.54) is 0 Å². The number of H-pyrrole nitrogens is 1. The summed E-state index contributed by atoms with van der Waals surface area (Å²) in [4.78, 5) is 16.3. The van der Waals surface area contributed by atoms with Crippen molar-refractivity contribution in [2.24, 2.45) is 7.05 Å². The molecule has 2 N–H and O–H groups in total. The first kappa shape index (κ1) is 23.4. The van der Waals surface area contributed by atoms with Crippen LogP contribution in [0.1, 0.15) is 40.9 Å². The highest BCUT2D eigenvalue weighted by molar-refractivity contribution is 5.84. The molecule has 7 heteroatoms. The Morgan fingerprint density at radius 2 is 1.97 bits per heavy atom. The summed E-state index contributed by atoms with van der Waals surface area (Å²) in [7, 11) is 3.54. The second-order valence-corrected chi connectivity index (χ2v) is 8.44. The Bertz CT molecular complexity index is 1300. The maximum Gasteiger partial charge on any atom is 0.224 e. The first-order valence-corrected chi connectivity index (χ1v) is 11.5. The predicted molar refractivity (Wildman–Crippen MR) is 134 cm³/mol. The molecule has 1 unspecified atom stereocenters. The third kappa shape index (κ3) is 4.64. The van der Waals surface area contributed by atoms with Gasteiger partial charge in [-0.1, -0.05) is 24.3 Å². The highest BCUT2D eigenvalue weighted by atomic mass is 16.5. The highest BCUT2D eigenvalue weighted by Crippen LogP contribution is 2.35. The summed E-state index contributed by atoms with van der Waals surface area (Å²) in [6, 6.07) is 14.2. The molecule has 0 bridgehead atoms. The predicted octanol–water partition coefficient (Wildman–Crippen LogP) is 4.42. The van der Waals surface area contributed by atoms with E-state index in [-0.39, 0.29) is 11.8 Å². The van der Waals surface area contributed by atoms with Crippen LogP contribution in [0.5, 0.6) is 11.5 Å². The molecule has 0 saturated carbocycles. The molecule has 178 valence electrons. The summed E-state index contributed by atoms with van der Waals surface area (Å²) in [5, 5.41) is 8.73. The molecule has 4 aromatic rings. The average molecular weight is 461 g/mol. The van der Waals surface area contributed by atoms with Crippen LogP contribution in [0, 0.1) is 13.8 Å². The maximum absolute atomic E-state index is 13.0. The van der Waals surface area contributed by atoms with Crippen LogP contribution in [-0.2, 0) is 18.3 Å². The largest absolute Gasteiger partial charge is 0.493 e. The number of nitrogens with zero attached hydrogens (tertiary/aromatic N) is 2. The fourth-order valence-electron chi connectivity index (χ4n) is 4.48. The van der Waals surface area contributed by atoms with Crippen LogP contribution < -0.4 is 14.8 Å². The molecule has 7 nitrogen and oxygen atoms in total. The number of carbonyl (C=O) groups excluding carboxylic acids is 1. The minimum absolute atomic E-state index is 0.0260. The van der Waals surface area contributed by atoms with Crippen molar-refractivity contribution in [2.45, 2.75) is 33.1 Å². The number of amides is 1. The van der Waals surface area contributed by atoms with E-state index >= 15 is 0 Å². The molecule has 0 aliphatic heterocycles. The Kier molecular flexibility index (Phi) is 6.91. The van der Waals surface area contributed by atoms with Crippen molar-refractivity contribution in [3.05, 3.63) is 76.7 Å². The monoisotopic (exact) mass is 460 g/mol. The van der Waals surface area contributed by atoms with Crippen molar-refractivity contribution in [1.82, 2.24) is 20.1 Å². The number of methoxy groups -OCH3 is 1. The Hall–Kier alpha value is -3.74. The third-order valence-corrected chi connectivity index (χ3v) is 6.39. The standard InChI is InChI=1S/C27H32N4O3/c1-6-34-25-12-11-19(13-26(25)33-5)22(23-16-28-24-10-8-7-9-20(23)24)15-29-27(32)14-21-17(2)30-31(4)18(21)3/h7-13,16,22,28H,6,14-15H2,1-5H3,(H,29,32). The molecule has 2 aromatic carbocycles. The molecule has 4 rings (SSSR count). The lowest BCUT2D eigenvalue weighted by molar-refractivity contribution is -0.120. The average Bonchev–Trinajstić information content (AvgIpc) is 3.36. The number of aromatic amines is 1. The number of nitrogens with one attached hydrogen (secondary N) is 2. The van der Waals surface area contributed by atoms with Gasteiger partial charge in [0.15, 0.2) is 11.5 Å². The van der Waals surface area contributed by atoms with E-state index in [9.17, 15) is 4.79 Å². The SMILES string of the molecule is CCOc1ccc(C(CNC(=O)Cc2c(C)nn(C)c2C)c2c[nH]c3ccccc23)cc1OC. The van der Waals surface area contributed by atoms with Crippen LogP contribution in [0.15, 0.2) is 48.7 Å². The fraction of sp³-hybridized carbons (Fsp3) is 0.333. The molecular formula is C27H32N4O3. The van der Waals surface area contributed by atoms with E-state index in [1.54, 1.807) is 7.11 Å². The second kappa shape index (κ2) is 10.0. The Morgan fingerprint density at radius 3 is 2.68 bits per heavy atom. The molecule has 0 saturated heterocycles. The molecule has 1 atom stereocenters. The molecule has 2 heterocycles. The number of aryl methyl sites for hydroxylation is 2. The van der Waals surface area contributed by atoms with E-state index in [2.05, 4.69) is 27.5 Å². The Labute approximate surface area is 200 Å². The van der Waals surface area contributed by atoms with E-state index in [0.29, 0.717) is 31.1 Å². The first-order chi connectivity index (χ1) is 16.4. The van der Waals surface area contributed by atoms with Crippen LogP contribution in [0.25, 0.3) is 10.9 Å². The number of hydrogen-bond acceptors (Lipinski definition) is 4. The number of benzene rings is 2. The molecule has 34 heavy (non-hydrogen) atoms. The van der Waals surface area contributed by atoms with Crippen molar-refractivity contribution in [3.8, 4) is 11.5 Å². The summed E-state index contributed by atoms with van der Waals surface area (Å²) < 4.78 is 13.1. The number of ether oxygens (including phenoxy) is 2. The van der Waals surface area contributed by atoms with E-state index in [4.69, 9.17) is 9.47 Å². The molecule has 2 aromatic heterocycles. The smallest absolute Gasteiger partial charge is 0.224 e. The van der Waals surface area contributed by atoms with Gasteiger partial charge in [0, 0.05) is 47.9 Å². The molecule has 0 spiro atoms. The van der Waals surface area contributed by atoms with Gasteiger partial charge in [0.1, 0.15) is 0 Å². The summed E-state index contributed by atoms with van der Waals surface area (Å²) in [5.41, 5.74) is 6.10. The molecule has 0 aliphatic carbocycles. The van der Waals surface area contributed by atoms with Gasteiger partial charge >= 0.3 is 0 Å². The number of hydrogen-bond donors (Lipinski definition) is 2. The first-order valence-electron chi connectivity index (χ1n) is 11.5. The zero-order valence-electron chi connectivity index (χ0n) is 20.4. The Morgan fingerprint density at radius 1 is 1.18 bits per heavy atom. The molecule has 0 fully saturated rings. The van der Waals surface area contributed by atoms with E-state index in [1.807, 2.05) is 69.0 Å². The van der Waals surface area contributed by atoms with Crippen molar-refractivity contribution in [1.29, 1.82) is 0 Å². The second-order valence-electron chi connectivity index (χ2n) is 8.44. The summed E-state index contributed by atoms with van der Waals surface area (Å²) in [6.07, 6.45) is 2.33. The quantitative estimate of drug-likeness (QED) is 0.388. The van der Waals surface area contributed by atoms with Crippen LogP contribution in [0.2, 0.25) is 0 Å². The van der Waals surface area contributed by atoms with Gasteiger partial charge < -0.3 is 19.8 Å². The minimum atomic E-state index is -0.0687. The van der Waals surface area contributed by atoms with Gasteiger partial charge in [-0.15, -0.1) is 0 Å². The topological polar surface area (TPSA) is 81.2 Å². The lowest BCUT2D eigenvalue weighted by Gasteiger charge is -2.20. The number of carbonyl (C=O) groups is 1. The number of fused-ring (bicyclic) bond motifs is 1. The van der Waals surface area contributed by atoms with Crippen LogP contribution >= 0.6 is 0 Å². The van der Waals surface area contributed by atoms with Crippen molar-refractivity contribution in [3.63, 3.8) is 0 Å². The molecule has 1 amide bonds. The van der Waals surface area contributed by atoms with Gasteiger partial charge in [-0.25, -0.2) is 0 Å². The number of para-hydroxylation sites is 1. The molecule has 0 radical (unpaired) electrons. The molecule has 0 aliphatic rings. The van der Waals surface area contributed by atoms with Gasteiger partial charge in [0.25, 0.3) is 0 Å². The Balaban J connectivity index is 1.64. The van der Waals surface area contributed by atoms with Gasteiger partial charge in [-0.3, -0.25) is 9.48 Å². The van der Waals surface area contributed by atoms with Crippen molar-refractivity contribution < 1.29 is 14.3 Å². The lowest BCUT2D eigenvalue weighted by atomic mass is 9.90. The fourth-order valence-corrected chi connectivity index (χ4v) is 4.48. The van der Waals surface area contributed by atoms with Gasteiger partial charge in [0.2, 0.25) is 5.91 Å². The zero-order valence-corrected chi connectivity index (χ0v) is 20.4.